The molecular formula is C22H45N5O7. The molecule has 2 heterocycles. The van der Waals surface area contributed by atoms with Crippen LogP contribution in [0.15, 0.2) is 0 Å². The second-order valence-corrected chi connectivity index (χ2v) is 10.5. The summed E-state index contributed by atoms with van der Waals surface area (Å²) >= 11 is 0. The van der Waals surface area contributed by atoms with Gasteiger partial charge in [0, 0.05) is 18.1 Å². The van der Waals surface area contributed by atoms with E-state index >= 15 is 0 Å². The summed E-state index contributed by atoms with van der Waals surface area (Å²) in [7, 11) is 3.50. The fraction of sp³-hybridized carbons (Fsp3) is 1.00. The maximum atomic E-state index is 11.2. The number of hydrogen-bond donors (Lipinski definition) is 8. The third kappa shape index (κ3) is 5.74. The Morgan fingerprint density at radius 3 is 2.12 bits per heavy atom. The summed E-state index contributed by atoms with van der Waals surface area (Å²) in [4.78, 5) is 0. The zero-order chi connectivity index (χ0) is 25.4. The molecule has 3 aliphatic rings. The highest BCUT2D eigenvalue weighted by molar-refractivity contribution is 5.02. The molecule has 2 aliphatic heterocycles. The lowest BCUT2D eigenvalue weighted by molar-refractivity contribution is -0.308. The monoisotopic (exact) mass is 491 g/mol. The summed E-state index contributed by atoms with van der Waals surface area (Å²) in [5, 5.41) is 38.5. The van der Waals surface area contributed by atoms with E-state index < -0.39 is 60.7 Å². The lowest BCUT2D eigenvalue weighted by Crippen LogP contribution is -2.68. The van der Waals surface area contributed by atoms with Crippen molar-refractivity contribution in [3.8, 4) is 0 Å². The molecule has 12 heteroatoms. The number of rotatable bonds is 7. The number of nitrogens with one attached hydrogen (secondary N) is 2. The zero-order valence-corrected chi connectivity index (χ0v) is 20.8. The Balaban J connectivity index is 1.70. The van der Waals surface area contributed by atoms with Gasteiger partial charge in [-0.15, -0.1) is 0 Å². The highest BCUT2D eigenvalue weighted by Gasteiger charge is 2.51. The van der Waals surface area contributed by atoms with Crippen molar-refractivity contribution in [1.82, 2.24) is 10.6 Å². The Kier molecular flexibility index (Phi) is 9.32. The zero-order valence-electron chi connectivity index (χ0n) is 20.8. The van der Waals surface area contributed by atoms with Gasteiger partial charge < -0.3 is 62.1 Å². The maximum absolute atomic E-state index is 11.2. The third-order valence-corrected chi connectivity index (χ3v) is 7.58. The molecule has 0 aromatic carbocycles. The van der Waals surface area contributed by atoms with Gasteiger partial charge in [0.2, 0.25) is 0 Å². The van der Waals surface area contributed by atoms with Crippen LogP contribution in [0.4, 0.5) is 0 Å². The molecule has 1 aliphatic carbocycles. The van der Waals surface area contributed by atoms with Gasteiger partial charge in [-0.25, -0.2) is 0 Å². The Bertz CT molecular complexity index is 661. The van der Waals surface area contributed by atoms with Crippen LogP contribution in [0, 0.1) is 5.92 Å². The van der Waals surface area contributed by atoms with Gasteiger partial charge in [-0.2, -0.15) is 0 Å². The van der Waals surface area contributed by atoms with Crippen LogP contribution in [0.2, 0.25) is 0 Å². The average molecular weight is 492 g/mol. The predicted molar refractivity (Wildman–Crippen MR) is 124 cm³/mol. The van der Waals surface area contributed by atoms with E-state index in [-0.39, 0.29) is 30.7 Å². The first-order valence-corrected chi connectivity index (χ1v) is 12.2. The second-order valence-electron chi connectivity index (χ2n) is 10.5. The van der Waals surface area contributed by atoms with Gasteiger partial charge >= 0.3 is 0 Å². The summed E-state index contributed by atoms with van der Waals surface area (Å²) < 4.78 is 23.9. The molecule has 3 rings (SSSR count). The van der Waals surface area contributed by atoms with Gasteiger partial charge in [-0.05, 0) is 46.7 Å². The van der Waals surface area contributed by atoms with Crippen molar-refractivity contribution in [3.63, 3.8) is 0 Å². The molecule has 3 fully saturated rings. The molecule has 0 spiro atoms. The number of ether oxygens (including phenoxy) is 4. The second kappa shape index (κ2) is 11.3. The fourth-order valence-corrected chi connectivity index (χ4v) is 5.49. The molecule has 2 saturated heterocycles. The molecule has 0 amide bonds. The number of aliphatic hydroxyl groups is 3. The molecule has 11 N–H and O–H groups in total. The Labute approximate surface area is 201 Å². The number of hydrogen-bond acceptors (Lipinski definition) is 12. The normalized spacial score (nSPS) is 51.3. The first kappa shape index (κ1) is 28.1. The molecule has 34 heavy (non-hydrogen) atoms. The van der Waals surface area contributed by atoms with Crippen molar-refractivity contribution in [1.29, 1.82) is 0 Å². The van der Waals surface area contributed by atoms with Crippen LogP contribution in [0.5, 0.6) is 0 Å². The minimum Gasteiger partial charge on any atom is -0.388 e. The van der Waals surface area contributed by atoms with Gasteiger partial charge in [0.15, 0.2) is 12.6 Å². The maximum Gasteiger partial charge on any atom is 0.185 e. The summed E-state index contributed by atoms with van der Waals surface area (Å²) in [5.41, 5.74) is 17.6. The Morgan fingerprint density at radius 2 is 1.56 bits per heavy atom. The van der Waals surface area contributed by atoms with Gasteiger partial charge in [0.1, 0.15) is 30.0 Å². The SMILES string of the molecule is CNC(C)C1OC(OC2C(N)CC(N)C(OC3OCC(C)(O)C(NC)C3O)C2O)C(N)C[C@H]1C. The van der Waals surface area contributed by atoms with Crippen molar-refractivity contribution >= 4 is 0 Å². The highest BCUT2D eigenvalue weighted by atomic mass is 16.7. The topological polar surface area (TPSA) is 200 Å². The predicted octanol–water partition coefficient (Wildman–Crippen LogP) is -3.08. The van der Waals surface area contributed by atoms with E-state index in [0.29, 0.717) is 12.8 Å². The van der Waals surface area contributed by atoms with Crippen LogP contribution in [-0.4, -0.2) is 115 Å². The largest absolute Gasteiger partial charge is 0.388 e. The van der Waals surface area contributed by atoms with Crippen molar-refractivity contribution in [3.05, 3.63) is 0 Å². The fourth-order valence-electron chi connectivity index (χ4n) is 5.49. The van der Waals surface area contributed by atoms with Crippen LogP contribution in [0.1, 0.15) is 33.6 Å². The smallest absolute Gasteiger partial charge is 0.185 e. The van der Waals surface area contributed by atoms with Gasteiger partial charge in [-0.1, -0.05) is 6.92 Å². The molecule has 1 saturated carbocycles. The number of aliphatic hydroxyl groups excluding tert-OH is 2. The molecule has 0 aromatic rings. The van der Waals surface area contributed by atoms with E-state index in [2.05, 4.69) is 17.6 Å². The van der Waals surface area contributed by atoms with Gasteiger partial charge in [-0.3, -0.25) is 0 Å². The van der Waals surface area contributed by atoms with Crippen molar-refractivity contribution < 1.29 is 34.3 Å². The molecule has 13 unspecified atom stereocenters. The van der Waals surface area contributed by atoms with E-state index in [1.807, 2.05) is 14.0 Å². The first-order chi connectivity index (χ1) is 15.9. The minimum absolute atomic E-state index is 0.0638. The van der Waals surface area contributed by atoms with Crippen molar-refractivity contribution in [2.24, 2.45) is 23.1 Å². The molecule has 200 valence electrons. The summed E-state index contributed by atoms with van der Waals surface area (Å²) in [5.74, 6) is 0.231. The van der Waals surface area contributed by atoms with E-state index in [9.17, 15) is 15.3 Å². The summed E-state index contributed by atoms with van der Waals surface area (Å²) in [6.07, 6.45) is -5.11. The first-order valence-electron chi connectivity index (χ1n) is 12.2. The van der Waals surface area contributed by atoms with E-state index in [1.165, 1.54) is 0 Å². The van der Waals surface area contributed by atoms with Crippen LogP contribution in [0.25, 0.3) is 0 Å². The highest BCUT2D eigenvalue weighted by Crippen LogP contribution is 2.33. The summed E-state index contributed by atoms with van der Waals surface area (Å²) in [6.45, 7) is 5.62. The van der Waals surface area contributed by atoms with E-state index in [4.69, 9.17) is 36.1 Å². The number of likely N-dealkylation sites (N-methyl/N-ethyl adjacent to an activating group) is 2. The molecular weight excluding hydrogens is 446 g/mol. The van der Waals surface area contributed by atoms with E-state index in [1.54, 1.807) is 14.0 Å². The lowest BCUT2D eigenvalue weighted by atomic mass is 9.84. The molecule has 0 bridgehead atoms. The molecule has 12 nitrogen and oxygen atoms in total. The van der Waals surface area contributed by atoms with Crippen LogP contribution >= 0.6 is 0 Å². The lowest BCUT2D eigenvalue weighted by Gasteiger charge is -2.49. The average Bonchev–Trinajstić information content (AvgIpc) is 2.76. The quantitative estimate of drug-likeness (QED) is 0.179. The summed E-state index contributed by atoms with van der Waals surface area (Å²) in [6, 6.07) is -2.17. The molecule has 14 atom stereocenters. The van der Waals surface area contributed by atoms with Crippen molar-refractivity contribution in [2.45, 2.75) is 113 Å². The van der Waals surface area contributed by atoms with Crippen LogP contribution in [0.3, 0.4) is 0 Å². The molecule has 0 radical (unpaired) electrons. The Morgan fingerprint density at radius 1 is 0.971 bits per heavy atom. The molecule has 0 aromatic heterocycles. The minimum atomic E-state index is -1.29. The van der Waals surface area contributed by atoms with Crippen LogP contribution in [-0.2, 0) is 18.9 Å². The van der Waals surface area contributed by atoms with Crippen LogP contribution < -0.4 is 27.8 Å². The third-order valence-electron chi connectivity index (χ3n) is 7.58. The van der Waals surface area contributed by atoms with E-state index in [0.717, 1.165) is 0 Å². The van der Waals surface area contributed by atoms with Crippen molar-refractivity contribution in [2.75, 3.05) is 20.7 Å². The van der Waals surface area contributed by atoms with Gasteiger partial charge in [0.25, 0.3) is 0 Å². The van der Waals surface area contributed by atoms with Gasteiger partial charge in [0.05, 0.1) is 24.8 Å². The standard InChI is InChI=1S/C22H45N5O7/c1-9-6-13(25)20(32-16(9)10(2)26-4)33-17-11(23)7-12(24)18(14(17)28)34-21-15(29)19(27-5)22(3,30)8-31-21/h9-21,26-30H,6-8,23-25H2,1-5H3/t9-,10?,11?,12?,13?,14?,15?,16?,17?,18?,19?,20?,21?,22?/m1/s1. The number of nitrogens with two attached hydrogens (primary N) is 3. The Hall–Kier alpha value is -0.480.